The average Bonchev–Trinajstić information content (AvgIpc) is 2.89. The van der Waals surface area contributed by atoms with Crippen molar-refractivity contribution in [3.05, 3.63) is 35.0 Å². The van der Waals surface area contributed by atoms with Gasteiger partial charge in [-0.25, -0.2) is 0 Å². The summed E-state index contributed by atoms with van der Waals surface area (Å²) < 4.78 is 6.09. The largest absolute Gasteiger partial charge is 0.458 e. The zero-order chi connectivity index (χ0) is 15.6. The molecule has 1 N–H and O–H groups in total. The molecule has 1 heterocycles. The highest BCUT2D eigenvalue weighted by molar-refractivity contribution is 6.34. The summed E-state index contributed by atoms with van der Waals surface area (Å²) in [4.78, 5) is 2.29. The van der Waals surface area contributed by atoms with Crippen LogP contribution in [0.2, 0.25) is 5.02 Å². The molecule has 21 heavy (non-hydrogen) atoms. The fraction of sp³-hybridized carbons (Fsp3) is 0.529. The van der Waals surface area contributed by atoms with Crippen LogP contribution in [0.3, 0.4) is 0 Å². The van der Waals surface area contributed by atoms with Crippen LogP contribution in [0.25, 0.3) is 11.0 Å². The Morgan fingerprint density at radius 2 is 1.95 bits per heavy atom. The Morgan fingerprint density at radius 3 is 2.43 bits per heavy atom. The number of hydrogen-bond donors (Lipinski definition) is 1. The maximum atomic E-state index is 6.24. The van der Waals surface area contributed by atoms with E-state index in [2.05, 4.69) is 44.2 Å². The first-order valence-corrected chi connectivity index (χ1v) is 7.90. The van der Waals surface area contributed by atoms with E-state index in [1.54, 1.807) is 0 Å². The maximum absolute atomic E-state index is 6.24. The first kappa shape index (κ1) is 16.3. The molecule has 0 aliphatic rings. The second-order valence-corrected chi connectivity index (χ2v) is 6.14. The highest BCUT2D eigenvalue weighted by atomic mass is 35.5. The number of para-hydroxylation sites is 1. The van der Waals surface area contributed by atoms with E-state index in [0.29, 0.717) is 5.02 Å². The fourth-order valence-electron chi connectivity index (χ4n) is 3.41. The van der Waals surface area contributed by atoms with E-state index >= 15 is 0 Å². The number of hydrogen-bond acceptors (Lipinski definition) is 3. The van der Waals surface area contributed by atoms with Gasteiger partial charge >= 0.3 is 0 Å². The second kappa shape index (κ2) is 6.39. The molecule has 1 aromatic heterocycles. The second-order valence-electron chi connectivity index (χ2n) is 5.73. The van der Waals surface area contributed by atoms with E-state index in [9.17, 15) is 0 Å². The first-order chi connectivity index (χ1) is 10.00. The van der Waals surface area contributed by atoms with Crippen LogP contribution in [-0.4, -0.2) is 31.6 Å². The van der Waals surface area contributed by atoms with Crippen molar-refractivity contribution in [1.82, 2.24) is 10.2 Å². The SMILES string of the molecule is CCC(CC)(C(NC)c1cc2cccc(Cl)c2o1)N(C)C. The standard InChI is InChI=1S/C17H25ClN2O/c1-6-17(7-2,20(4)5)16(19-3)14-11-12-9-8-10-13(18)15(12)21-14/h8-11,16,19H,6-7H2,1-5H3. The molecule has 1 aromatic carbocycles. The average molecular weight is 309 g/mol. The molecule has 2 aromatic rings. The van der Waals surface area contributed by atoms with Crippen LogP contribution in [0.1, 0.15) is 38.5 Å². The Balaban J connectivity index is 2.55. The van der Waals surface area contributed by atoms with Gasteiger partial charge in [0.05, 0.1) is 11.1 Å². The number of nitrogens with zero attached hydrogens (tertiary/aromatic N) is 1. The van der Waals surface area contributed by atoms with Crippen molar-refractivity contribution in [3.8, 4) is 0 Å². The molecule has 0 fully saturated rings. The first-order valence-electron chi connectivity index (χ1n) is 7.52. The molecule has 0 bridgehead atoms. The van der Waals surface area contributed by atoms with Gasteiger partial charge in [-0.05, 0) is 46.1 Å². The van der Waals surface area contributed by atoms with Crippen LogP contribution in [-0.2, 0) is 0 Å². The van der Waals surface area contributed by atoms with Gasteiger partial charge in [-0.15, -0.1) is 0 Å². The van der Waals surface area contributed by atoms with Gasteiger partial charge in [-0.2, -0.15) is 0 Å². The van der Waals surface area contributed by atoms with Gasteiger partial charge in [0.1, 0.15) is 5.76 Å². The van der Waals surface area contributed by atoms with Crippen molar-refractivity contribution >= 4 is 22.6 Å². The Labute approximate surface area is 132 Å². The Hall–Kier alpha value is -1.03. The van der Waals surface area contributed by atoms with Crippen LogP contribution in [0.15, 0.2) is 28.7 Å². The van der Waals surface area contributed by atoms with Gasteiger partial charge in [0.15, 0.2) is 5.58 Å². The maximum Gasteiger partial charge on any atom is 0.152 e. The summed E-state index contributed by atoms with van der Waals surface area (Å²) in [7, 11) is 6.25. The van der Waals surface area contributed by atoms with Gasteiger partial charge in [0, 0.05) is 10.9 Å². The van der Waals surface area contributed by atoms with Gasteiger partial charge in [-0.1, -0.05) is 37.6 Å². The van der Waals surface area contributed by atoms with E-state index in [0.717, 1.165) is 29.6 Å². The molecule has 2 rings (SSSR count). The quantitative estimate of drug-likeness (QED) is 0.853. The monoisotopic (exact) mass is 308 g/mol. The zero-order valence-electron chi connectivity index (χ0n) is 13.5. The lowest BCUT2D eigenvalue weighted by atomic mass is 9.82. The number of benzene rings is 1. The van der Waals surface area contributed by atoms with Crippen molar-refractivity contribution in [2.75, 3.05) is 21.1 Å². The molecule has 0 aliphatic heterocycles. The van der Waals surface area contributed by atoms with Crippen LogP contribution < -0.4 is 5.32 Å². The van der Waals surface area contributed by atoms with Crippen molar-refractivity contribution in [2.24, 2.45) is 0 Å². The summed E-state index contributed by atoms with van der Waals surface area (Å²) >= 11 is 6.24. The summed E-state index contributed by atoms with van der Waals surface area (Å²) in [5.41, 5.74) is 0.782. The molecule has 0 amide bonds. The van der Waals surface area contributed by atoms with Crippen molar-refractivity contribution in [3.63, 3.8) is 0 Å². The molecule has 1 atom stereocenters. The highest BCUT2D eigenvalue weighted by Gasteiger charge is 2.39. The van der Waals surface area contributed by atoms with E-state index < -0.39 is 0 Å². The molecule has 0 spiro atoms. The predicted molar refractivity (Wildman–Crippen MR) is 90.0 cm³/mol. The molecule has 0 saturated carbocycles. The minimum atomic E-state index is 0.00903. The number of rotatable bonds is 6. The number of nitrogens with one attached hydrogen (secondary N) is 1. The summed E-state index contributed by atoms with van der Waals surface area (Å²) in [6, 6.07) is 8.08. The van der Waals surface area contributed by atoms with E-state index in [4.69, 9.17) is 16.0 Å². The molecule has 4 heteroatoms. The number of fused-ring (bicyclic) bond motifs is 1. The zero-order valence-corrected chi connectivity index (χ0v) is 14.3. The molecule has 0 saturated heterocycles. The van der Waals surface area contributed by atoms with Gasteiger partial charge in [-0.3, -0.25) is 0 Å². The molecular formula is C17H25ClN2O. The summed E-state index contributed by atoms with van der Waals surface area (Å²) in [5.74, 6) is 0.943. The third-order valence-electron chi connectivity index (χ3n) is 4.74. The van der Waals surface area contributed by atoms with Crippen molar-refractivity contribution in [2.45, 2.75) is 38.3 Å². The van der Waals surface area contributed by atoms with Crippen molar-refractivity contribution in [1.29, 1.82) is 0 Å². The molecule has 0 aliphatic carbocycles. The van der Waals surface area contributed by atoms with E-state index in [1.807, 2.05) is 25.2 Å². The van der Waals surface area contributed by atoms with E-state index in [-0.39, 0.29) is 11.6 Å². The summed E-state index contributed by atoms with van der Waals surface area (Å²) in [6.07, 6.45) is 2.07. The van der Waals surface area contributed by atoms with Gasteiger partial charge in [0.2, 0.25) is 0 Å². The Morgan fingerprint density at radius 1 is 1.29 bits per heavy atom. The molecule has 0 radical (unpaired) electrons. The molecule has 116 valence electrons. The van der Waals surface area contributed by atoms with Crippen LogP contribution in [0, 0.1) is 0 Å². The van der Waals surface area contributed by atoms with Crippen LogP contribution in [0.5, 0.6) is 0 Å². The topological polar surface area (TPSA) is 28.4 Å². The number of likely N-dealkylation sites (N-methyl/N-ethyl adjacent to an activating group) is 2. The smallest absolute Gasteiger partial charge is 0.152 e. The lowest BCUT2D eigenvalue weighted by Gasteiger charge is -2.44. The Kier molecular flexibility index (Phi) is 4.97. The number of furan rings is 1. The van der Waals surface area contributed by atoms with E-state index in [1.165, 1.54) is 0 Å². The minimum absolute atomic E-state index is 0.00903. The van der Waals surface area contributed by atoms with Crippen LogP contribution in [0.4, 0.5) is 0 Å². The fourth-order valence-corrected chi connectivity index (χ4v) is 3.63. The lowest BCUT2D eigenvalue weighted by Crippen LogP contribution is -2.52. The van der Waals surface area contributed by atoms with Crippen LogP contribution >= 0.6 is 11.6 Å². The highest BCUT2D eigenvalue weighted by Crippen LogP contribution is 2.39. The lowest BCUT2D eigenvalue weighted by molar-refractivity contribution is 0.0824. The normalized spacial score (nSPS) is 14.0. The van der Waals surface area contributed by atoms with Gasteiger partial charge < -0.3 is 14.6 Å². The molecule has 1 unspecified atom stereocenters. The molecule has 3 nitrogen and oxygen atoms in total. The Bertz CT molecular complexity index is 602. The minimum Gasteiger partial charge on any atom is -0.458 e. The predicted octanol–water partition coefficient (Wildman–Crippen LogP) is 4.47. The third-order valence-corrected chi connectivity index (χ3v) is 5.04. The van der Waals surface area contributed by atoms with Gasteiger partial charge in [0.25, 0.3) is 0 Å². The summed E-state index contributed by atoms with van der Waals surface area (Å²) in [5, 5.41) is 5.16. The van der Waals surface area contributed by atoms with Crippen molar-refractivity contribution < 1.29 is 4.42 Å². The summed E-state index contributed by atoms with van der Waals surface area (Å²) in [6.45, 7) is 4.45. The third kappa shape index (κ3) is 2.70. The number of halogens is 1. The molecular weight excluding hydrogens is 284 g/mol.